The number of aryl methyl sites for hydroxylation is 1. The van der Waals surface area contributed by atoms with Gasteiger partial charge in [0.05, 0.1) is 0 Å². The van der Waals surface area contributed by atoms with Crippen molar-refractivity contribution < 1.29 is 9.53 Å². The smallest absolute Gasteiger partial charge is 0.224 e. The second-order valence-electron chi connectivity index (χ2n) is 4.69. The number of ether oxygens (including phenoxy) is 1. The zero-order valence-electron chi connectivity index (χ0n) is 11.0. The van der Waals surface area contributed by atoms with Crippen LogP contribution >= 0.6 is 15.9 Å². The Morgan fingerprint density at radius 3 is 2.90 bits per heavy atom. The van der Waals surface area contributed by atoms with Crippen molar-refractivity contribution in [2.45, 2.75) is 12.8 Å². The lowest BCUT2D eigenvalue weighted by molar-refractivity contribution is -0.116. The predicted molar refractivity (Wildman–Crippen MR) is 82.3 cm³/mol. The highest BCUT2D eigenvalue weighted by molar-refractivity contribution is 9.10. The molecule has 21 heavy (non-hydrogen) atoms. The van der Waals surface area contributed by atoms with Gasteiger partial charge in [0.25, 0.3) is 0 Å². The average Bonchev–Trinajstić information content (AvgIpc) is 2.48. The molecule has 4 nitrogen and oxygen atoms in total. The van der Waals surface area contributed by atoms with E-state index < -0.39 is 0 Å². The maximum Gasteiger partial charge on any atom is 0.224 e. The van der Waals surface area contributed by atoms with Crippen LogP contribution in [0.15, 0.2) is 40.9 Å². The summed E-state index contributed by atoms with van der Waals surface area (Å²) in [4.78, 5) is 11.3. The summed E-state index contributed by atoms with van der Waals surface area (Å²) in [5, 5.41) is 12.0. The normalized spacial score (nSPS) is 13.0. The zero-order chi connectivity index (χ0) is 14.8. The van der Waals surface area contributed by atoms with E-state index in [1.54, 1.807) is 18.2 Å². The molecule has 0 aromatic heterocycles. The number of nitrogens with one attached hydrogen (secondary N) is 1. The quantitative estimate of drug-likeness (QED) is 0.897. The first-order valence-electron chi connectivity index (χ1n) is 6.46. The van der Waals surface area contributed by atoms with E-state index in [9.17, 15) is 10.1 Å². The largest absolute Gasteiger partial charge is 0.456 e. The summed E-state index contributed by atoms with van der Waals surface area (Å²) in [6.45, 7) is 0. The molecular formula is C16H11BrN2O2. The van der Waals surface area contributed by atoms with Crippen LogP contribution in [-0.4, -0.2) is 5.91 Å². The highest BCUT2D eigenvalue weighted by Crippen LogP contribution is 2.33. The first kappa shape index (κ1) is 13.7. The molecule has 0 bridgehead atoms. The summed E-state index contributed by atoms with van der Waals surface area (Å²) in [7, 11) is 0. The molecule has 0 spiro atoms. The maximum absolute atomic E-state index is 11.3. The van der Waals surface area contributed by atoms with Gasteiger partial charge in [-0.05, 0) is 58.2 Å². The molecule has 0 aliphatic carbocycles. The Labute approximate surface area is 130 Å². The number of nitrogens with zero attached hydrogens (tertiary/aromatic N) is 1. The van der Waals surface area contributed by atoms with Crippen LogP contribution in [-0.2, 0) is 11.2 Å². The third kappa shape index (κ3) is 2.76. The van der Waals surface area contributed by atoms with Crippen LogP contribution in [0.4, 0.5) is 5.69 Å². The summed E-state index contributed by atoms with van der Waals surface area (Å²) < 4.78 is 6.51. The molecule has 1 aliphatic rings. The van der Waals surface area contributed by atoms with Crippen molar-refractivity contribution in [2.75, 3.05) is 5.32 Å². The molecule has 0 atom stereocenters. The Morgan fingerprint density at radius 1 is 1.24 bits per heavy atom. The van der Waals surface area contributed by atoms with Crippen molar-refractivity contribution in [2.24, 2.45) is 0 Å². The van der Waals surface area contributed by atoms with Crippen molar-refractivity contribution in [1.82, 2.24) is 0 Å². The number of rotatable bonds is 2. The van der Waals surface area contributed by atoms with Crippen LogP contribution in [0.1, 0.15) is 17.5 Å². The zero-order valence-corrected chi connectivity index (χ0v) is 12.6. The highest BCUT2D eigenvalue weighted by Gasteiger charge is 2.16. The van der Waals surface area contributed by atoms with Crippen LogP contribution in [0.2, 0.25) is 0 Å². The van der Waals surface area contributed by atoms with E-state index in [1.165, 1.54) is 0 Å². The van der Waals surface area contributed by atoms with Crippen LogP contribution in [0.5, 0.6) is 11.5 Å². The Kier molecular flexibility index (Phi) is 3.63. The fraction of sp³-hybridized carbons (Fsp3) is 0.125. The number of halogens is 1. The van der Waals surface area contributed by atoms with E-state index in [1.807, 2.05) is 18.2 Å². The number of hydrogen-bond donors (Lipinski definition) is 1. The summed E-state index contributed by atoms with van der Waals surface area (Å²) in [5.74, 6) is 1.20. The first-order chi connectivity index (χ1) is 10.2. The van der Waals surface area contributed by atoms with Crippen molar-refractivity contribution >= 4 is 27.5 Å². The molecule has 0 unspecified atom stereocenters. The molecule has 0 saturated heterocycles. The van der Waals surface area contributed by atoms with Crippen LogP contribution in [0.3, 0.4) is 0 Å². The number of carbonyl (C=O) groups is 1. The van der Waals surface area contributed by atoms with Crippen molar-refractivity contribution in [3.05, 3.63) is 52.0 Å². The first-order valence-corrected chi connectivity index (χ1v) is 7.26. The molecule has 2 aromatic carbocycles. The van der Waals surface area contributed by atoms with Gasteiger partial charge in [-0.1, -0.05) is 6.07 Å². The van der Waals surface area contributed by atoms with E-state index in [-0.39, 0.29) is 5.91 Å². The van der Waals surface area contributed by atoms with Gasteiger partial charge in [0.2, 0.25) is 5.91 Å². The van der Waals surface area contributed by atoms with E-state index in [2.05, 4.69) is 27.3 Å². The number of amides is 1. The molecule has 0 fully saturated rings. The second-order valence-corrected chi connectivity index (χ2v) is 5.55. The Hall–Kier alpha value is -2.32. The van der Waals surface area contributed by atoms with Gasteiger partial charge in [0, 0.05) is 16.6 Å². The van der Waals surface area contributed by atoms with Gasteiger partial charge in [-0.25, -0.2) is 0 Å². The third-order valence-electron chi connectivity index (χ3n) is 3.29. The minimum atomic E-state index is 0.0370. The molecule has 104 valence electrons. The van der Waals surface area contributed by atoms with E-state index in [0.717, 1.165) is 11.3 Å². The number of benzene rings is 2. The lowest BCUT2D eigenvalue weighted by Gasteiger charge is -2.18. The fourth-order valence-corrected chi connectivity index (χ4v) is 2.68. The maximum atomic E-state index is 11.3. The van der Waals surface area contributed by atoms with Gasteiger partial charge in [-0.2, -0.15) is 5.26 Å². The number of hydrogen-bond acceptors (Lipinski definition) is 3. The molecule has 1 N–H and O–H groups in total. The predicted octanol–water partition coefficient (Wildman–Crippen LogP) is 4.00. The molecule has 0 saturated carbocycles. The summed E-state index contributed by atoms with van der Waals surface area (Å²) in [5.41, 5.74) is 2.33. The molecule has 5 heteroatoms. The number of carbonyl (C=O) groups excluding carboxylic acids is 1. The SMILES string of the molecule is N#Cc1c(Br)cccc1Oc1ccc2c(c1)CCC(=O)N2. The number of nitriles is 1. The fourth-order valence-electron chi connectivity index (χ4n) is 2.25. The molecule has 3 rings (SSSR count). The Balaban J connectivity index is 1.92. The summed E-state index contributed by atoms with van der Waals surface area (Å²) >= 11 is 3.34. The molecule has 1 heterocycles. The molecule has 0 radical (unpaired) electrons. The second kappa shape index (κ2) is 5.58. The highest BCUT2D eigenvalue weighted by atomic mass is 79.9. The van der Waals surface area contributed by atoms with Gasteiger partial charge in [0.15, 0.2) is 0 Å². The van der Waals surface area contributed by atoms with Crippen molar-refractivity contribution in [3.8, 4) is 17.6 Å². The van der Waals surface area contributed by atoms with E-state index >= 15 is 0 Å². The van der Waals surface area contributed by atoms with Gasteiger partial charge < -0.3 is 10.1 Å². The van der Waals surface area contributed by atoms with Crippen LogP contribution in [0.25, 0.3) is 0 Å². The number of fused-ring (bicyclic) bond motifs is 1. The lowest BCUT2D eigenvalue weighted by Crippen LogP contribution is -2.18. The molecule has 1 amide bonds. The summed E-state index contributed by atoms with van der Waals surface area (Å²) in [6, 6.07) is 13.0. The van der Waals surface area contributed by atoms with E-state index in [4.69, 9.17) is 4.74 Å². The van der Waals surface area contributed by atoms with E-state index in [0.29, 0.717) is 34.4 Å². The van der Waals surface area contributed by atoms with Crippen molar-refractivity contribution in [3.63, 3.8) is 0 Å². The molecule has 1 aliphatic heterocycles. The minimum Gasteiger partial charge on any atom is -0.456 e. The van der Waals surface area contributed by atoms with Crippen LogP contribution < -0.4 is 10.1 Å². The average molecular weight is 343 g/mol. The van der Waals surface area contributed by atoms with Crippen molar-refractivity contribution in [1.29, 1.82) is 5.26 Å². The third-order valence-corrected chi connectivity index (χ3v) is 3.95. The number of anilines is 1. The standard InChI is InChI=1S/C16H11BrN2O2/c17-13-2-1-3-15(12(13)9-18)21-11-5-6-14-10(8-11)4-7-16(20)19-14/h1-3,5-6,8H,4,7H2,(H,19,20). The van der Waals surface area contributed by atoms with Gasteiger partial charge >= 0.3 is 0 Å². The van der Waals surface area contributed by atoms with Crippen LogP contribution in [0, 0.1) is 11.3 Å². The Bertz CT molecular complexity index is 765. The summed E-state index contributed by atoms with van der Waals surface area (Å²) in [6.07, 6.45) is 1.18. The van der Waals surface area contributed by atoms with Gasteiger partial charge in [0.1, 0.15) is 23.1 Å². The monoisotopic (exact) mass is 342 g/mol. The van der Waals surface area contributed by atoms with Gasteiger partial charge in [-0.15, -0.1) is 0 Å². The lowest BCUT2D eigenvalue weighted by atomic mass is 10.0. The molecule has 2 aromatic rings. The minimum absolute atomic E-state index is 0.0370. The topological polar surface area (TPSA) is 62.1 Å². The molecular weight excluding hydrogens is 332 g/mol. The van der Waals surface area contributed by atoms with Gasteiger partial charge in [-0.3, -0.25) is 4.79 Å². The Morgan fingerprint density at radius 2 is 2.10 bits per heavy atom.